The number of aliphatic hydroxyl groups excluding tert-OH is 2. The van der Waals surface area contributed by atoms with Crippen LogP contribution in [0.2, 0.25) is 0 Å². The van der Waals surface area contributed by atoms with Gasteiger partial charge >= 0.3 is 0 Å². The minimum absolute atomic E-state index is 0.0833. The van der Waals surface area contributed by atoms with Gasteiger partial charge in [0.1, 0.15) is 0 Å². The molecule has 2 aromatic carbocycles. The number of benzene rings is 2. The molecule has 0 amide bonds. The number of hydrogen-bond acceptors (Lipinski definition) is 4. The SMILES string of the molecule is CN(C)c1ccc(Cc2ccc(N(CCO)CCO)cc2)cc1. The van der Waals surface area contributed by atoms with Gasteiger partial charge in [-0.3, -0.25) is 0 Å². The Bertz CT molecular complexity index is 573. The molecule has 0 aliphatic rings. The fourth-order valence-electron chi connectivity index (χ4n) is 2.58. The monoisotopic (exact) mass is 314 g/mol. The summed E-state index contributed by atoms with van der Waals surface area (Å²) in [4.78, 5) is 4.07. The zero-order chi connectivity index (χ0) is 16.7. The second kappa shape index (κ2) is 8.56. The molecule has 0 bridgehead atoms. The van der Waals surface area contributed by atoms with Gasteiger partial charge in [0.25, 0.3) is 0 Å². The molecule has 2 aromatic rings. The second-order valence-corrected chi connectivity index (χ2v) is 5.84. The van der Waals surface area contributed by atoms with E-state index in [0.717, 1.165) is 12.1 Å². The Kier molecular flexibility index (Phi) is 6.44. The van der Waals surface area contributed by atoms with Crippen LogP contribution in [0.1, 0.15) is 11.1 Å². The smallest absolute Gasteiger partial charge is 0.0606 e. The Morgan fingerprint density at radius 2 is 1.13 bits per heavy atom. The first kappa shape index (κ1) is 17.3. The first-order valence-corrected chi connectivity index (χ1v) is 7.96. The van der Waals surface area contributed by atoms with E-state index in [1.54, 1.807) is 0 Å². The van der Waals surface area contributed by atoms with Gasteiger partial charge in [-0.05, 0) is 41.8 Å². The Labute approximate surface area is 138 Å². The molecule has 2 N–H and O–H groups in total. The van der Waals surface area contributed by atoms with Gasteiger partial charge < -0.3 is 20.0 Å². The first-order chi connectivity index (χ1) is 11.1. The molecule has 0 saturated heterocycles. The van der Waals surface area contributed by atoms with Gasteiger partial charge in [-0.2, -0.15) is 0 Å². The molecule has 0 spiro atoms. The van der Waals surface area contributed by atoms with E-state index in [1.807, 2.05) is 19.0 Å². The van der Waals surface area contributed by atoms with E-state index < -0.39 is 0 Å². The maximum atomic E-state index is 9.11. The average molecular weight is 314 g/mol. The summed E-state index contributed by atoms with van der Waals surface area (Å²) in [5.74, 6) is 0. The quantitative estimate of drug-likeness (QED) is 0.784. The zero-order valence-corrected chi connectivity index (χ0v) is 13.9. The molecular formula is C19H26N2O2. The molecule has 0 aromatic heterocycles. The first-order valence-electron chi connectivity index (χ1n) is 7.96. The summed E-state index contributed by atoms with van der Waals surface area (Å²) in [6.07, 6.45) is 0.897. The van der Waals surface area contributed by atoms with Crippen molar-refractivity contribution < 1.29 is 10.2 Å². The lowest BCUT2D eigenvalue weighted by molar-refractivity contribution is 0.281. The zero-order valence-electron chi connectivity index (χ0n) is 13.9. The Morgan fingerprint density at radius 1 is 0.696 bits per heavy atom. The van der Waals surface area contributed by atoms with Crippen molar-refractivity contribution in [2.75, 3.05) is 50.2 Å². The van der Waals surface area contributed by atoms with Crippen LogP contribution in [0.25, 0.3) is 0 Å². The number of aliphatic hydroxyl groups is 2. The predicted molar refractivity (Wildman–Crippen MR) is 96.4 cm³/mol. The largest absolute Gasteiger partial charge is 0.395 e. The summed E-state index contributed by atoms with van der Waals surface area (Å²) < 4.78 is 0. The third-order valence-corrected chi connectivity index (χ3v) is 3.90. The van der Waals surface area contributed by atoms with E-state index in [4.69, 9.17) is 10.2 Å². The van der Waals surface area contributed by atoms with Gasteiger partial charge in [0.05, 0.1) is 13.2 Å². The van der Waals surface area contributed by atoms with Crippen molar-refractivity contribution in [2.24, 2.45) is 0 Å². The van der Waals surface area contributed by atoms with E-state index >= 15 is 0 Å². The van der Waals surface area contributed by atoms with Crippen LogP contribution < -0.4 is 9.80 Å². The molecule has 0 aliphatic heterocycles. The normalized spacial score (nSPS) is 10.6. The molecule has 124 valence electrons. The fraction of sp³-hybridized carbons (Fsp3) is 0.368. The highest BCUT2D eigenvalue weighted by Gasteiger charge is 2.05. The Balaban J connectivity index is 2.04. The van der Waals surface area contributed by atoms with Crippen molar-refractivity contribution in [3.8, 4) is 0 Å². The standard InChI is InChI=1S/C19H26N2O2/c1-20(2)18-7-3-16(4-8-18)15-17-5-9-19(10-6-17)21(11-13-22)12-14-23/h3-10,22-23H,11-15H2,1-2H3. The van der Waals surface area contributed by atoms with Crippen molar-refractivity contribution in [1.82, 2.24) is 0 Å². The minimum Gasteiger partial charge on any atom is -0.395 e. The van der Waals surface area contributed by atoms with Crippen LogP contribution in [0, 0.1) is 0 Å². The summed E-state index contributed by atoms with van der Waals surface area (Å²) in [5.41, 5.74) is 4.76. The molecule has 0 aliphatic carbocycles. The molecule has 0 saturated carbocycles. The number of rotatable bonds is 8. The topological polar surface area (TPSA) is 46.9 Å². The molecule has 0 unspecified atom stereocenters. The highest BCUT2D eigenvalue weighted by molar-refractivity contribution is 5.49. The number of hydrogen-bond donors (Lipinski definition) is 2. The minimum atomic E-state index is 0.0833. The van der Waals surface area contributed by atoms with Gasteiger partial charge in [-0.15, -0.1) is 0 Å². The van der Waals surface area contributed by atoms with Gasteiger partial charge in [0.15, 0.2) is 0 Å². The Hall–Kier alpha value is -2.04. The molecule has 0 atom stereocenters. The van der Waals surface area contributed by atoms with Crippen LogP contribution in [0.5, 0.6) is 0 Å². The van der Waals surface area contributed by atoms with Crippen molar-refractivity contribution in [3.63, 3.8) is 0 Å². The van der Waals surface area contributed by atoms with Gasteiger partial charge in [0, 0.05) is 38.6 Å². The maximum Gasteiger partial charge on any atom is 0.0606 e. The number of anilines is 2. The maximum absolute atomic E-state index is 9.11. The van der Waals surface area contributed by atoms with E-state index in [1.165, 1.54) is 16.8 Å². The van der Waals surface area contributed by atoms with Crippen molar-refractivity contribution in [1.29, 1.82) is 0 Å². The summed E-state index contributed by atoms with van der Waals surface area (Å²) in [7, 11) is 4.08. The predicted octanol–water partition coefficient (Wildman–Crippen LogP) is 2.13. The lowest BCUT2D eigenvalue weighted by Gasteiger charge is -2.23. The summed E-state index contributed by atoms with van der Waals surface area (Å²) in [6, 6.07) is 16.9. The molecule has 4 nitrogen and oxygen atoms in total. The molecule has 4 heteroatoms. The molecular weight excluding hydrogens is 288 g/mol. The molecule has 0 fully saturated rings. The summed E-state index contributed by atoms with van der Waals surface area (Å²) in [6.45, 7) is 1.23. The fourth-order valence-corrected chi connectivity index (χ4v) is 2.58. The second-order valence-electron chi connectivity index (χ2n) is 5.84. The van der Waals surface area contributed by atoms with E-state index in [2.05, 4.69) is 53.4 Å². The van der Waals surface area contributed by atoms with E-state index in [0.29, 0.717) is 13.1 Å². The lowest BCUT2D eigenvalue weighted by Crippen LogP contribution is -2.29. The van der Waals surface area contributed by atoms with Crippen molar-refractivity contribution >= 4 is 11.4 Å². The van der Waals surface area contributed by atoms with Crippen LogP contribution in [-0.4, -0.2) is 50.6 Å². The van der Waals surface area contributed by atoms with Crippen LogP contribution >= 0.6 is 0 Å². The van der Waals surface area contributed by atoms with Gasteiger partial charge in [0.2, 0.25) is 0 Å². The van der Waals surface area contributed by atoms with Gasteiger partial charge in [-0.25, -0.2) is 0 Å². The lowest BCUT2D eigenvalue weighted by atomic mass is 10.0. The van der Waals surface area contributed by atoms with Crippen molar-refractivity contribution in [3.05, 3.63) is 59.7 Å². The highest BCUT2D eigenvalue weighted by Crippen LogP contribution is 2.19. The van der Waals surface area contributed by atoms with Crippen LogP contribution in [-0.2, 0) is 6.42 Å². The summed E-state index contributed by atoms with van der Waals surface area (Å²) in [5, 5.41) is 18.2. The summed E-state index contributed by atoms with van der Waals surface area (Å²) >= 11 is 0. The molecule has 23 heavy (non-hydrogen) atoms. The Morgan fingerprint density at radius 3 is 1.52 bits per heavy atom. The molecule has 0 heterocycles. The third kappa shape index (κ3) is 4.98. The van der Waals surface area contributed by atoms with Gasteiger partial charge in [-0.1, -0.05) is 24.3 Å². The molecule has 0 radical (unpaired) electrons. The highest BCUT2D eigenvalue weighted by atomic mass is 16.3. The van der Waals surface area contributed by atoms with Crippen LogP contribution in [0.15, 0.2) is 48.5 Å². The molecule has 2 rings (SSSR count). The van der Waals surface area contributed by atoms with Crippen molar-refractivity contribution in [2.45, 2.75) is 6.42 Å². The van der Waals surface area contributed by atoms with Crippen LogP contribution in [0.3, 0.4) is 0 Å². The van der Waals surface area contributed by atoms with E-state index in [-0.39, 0.29) is 13.2 Å². The number of nitrogens with zero attached hydrogens (tertiary/aromatic N) is 2. The van der Waals surface area contributed by atoms with Crippen LogP contribution in [0.4, 0.5) is 11.4 Å². The third-order valence-electron chi connectivity index (χ3n) is 3.90. The average Bonchev–Trinajstić information content (AvgIpc) is 2.56. The van der Waals surface area contributed by atoms with E-state index in [9.17, 15) is 0 Å².